The Labute approximate surface area is 140 Å². The minimum atomic E-state index is -0.0659. The first-order valence-corrected chi connectivity index (χ1v) is 9.88. The maximum atomic E-state index is 12.0. The average molecular weight is 365 g/mol. The fraction of sp³-hybridized carbons (Fsp3) is 0.842. The Morgan fingerprint density at radius 3 is 2.86 bits per heavy atom. The van der Waals surface area contributed by atoms with Gasteiger partial charge in [-0.25, -0.2) is 0 Å². The molecule has 4 fully saturated rings. The van der Waals surface area contributed by atoms with E-state index in [9.17, 15) is 9.90 Å². The summed E-state index contributed by atoms with van der Waals surface area (Å²) in [4.78, 5) is 12.0. The highest BCUT2D eigenvalue weighted by Crippen LogP contribution is 2.81. The Bertz CT molecular complexity index is 596. The number of ketones is 1. The van der Waals surface area contributed by atoms with Gasteiger partial charge in [-0.1, -0.05) is 6.92 Å². The molecule has 0 aromatic rings. The van der Waals surface area contributed by atoms with Crippen molar-refractivity contribution in [3.63, 3.8) is 0 Å². The van der Waals surface area contributed by atoms with Crippen LogP contribution >= 0.6 is 15.9 Å². The first kappa shape index (κ1) is 14.2. The third kappa shape index (κ3) is 1.45. The number of Topliss-reactive ketones (excluding diaryl/α,β-unsaturated/α-hetero) is 1. The summed E-state index contributed by atoms with van der Waals surface area (Å²) in [5.41, 5.74) is 2.07. The molecule has 5 aliphatic rings. The molecule has 0 radical (unpaired) electrons. The minimum absolute atomic E-state index is 0.0659. The fourth-order valence-corrected chi connectivity index (χ4v) is 8.14. The predicted octanol–water partition coefficient (Wildman–Crippen LogP) is 4.21. The van der Waals surface area contributed by atoms with Crippen LogP contribution in [0.25, 0.3) is 0 Å². The average Bonchev–Trinajstić information content (AvgIpc) is 3.16. The molecule has 2 nitrogen and oxygen atoms in total. The van der Waals surface area contributed by atoms with Crippen LogP contribution < -0.4 is 0 Å². The van der Waals surface area contributed by atoms with Gasteiger partial charge in [0.05, 0.1) is 10.6 Å². The first-order chi connectivity index (χ1) is 10.5. The SMILES string of the molecule is C[C@]12CC[C@H]3[C@@H](CCC4=C(Br)C(=O)CC[C@@H]43)[C@@]13C[C@H]3C[C@@H]2O. The lowest BCUT2D eigenvalue weighted by Gasteiger charge is -2.55. The van der Waals surface area contributed by atoms with Crippen LogP contribution in [0.15, 0.2) is 10.1 Å². The standard InChI is InChI=1S/C19H25BrO2/c1-18-7-6-12-11-3-5-15(21)17(20)13(11)2-4-14(12)19(18)9-10(19)8-16(18)22/h10-12,14,16,22H,2-9H2,1H3/t10-,11-,12-,14-,16+,18-,19+/m1/s1. The summed E-state index contributed by atoms with van der Waals surface area (Å²) in [6.45, 7) is 2.38. The van der Waals surface area contributed by atoms with E-state index in [1.807, 2.05) is 0 Å². The molecule has 0 aromatic heterocycles. The van der Waals surface area contributed by atoms with Crippen LogP contribution in [0.4, 0.5) is 0 Å². The van der Waals surface area contributed by atoms with Crippen molar-refractivity contribution in [1.82, 2.24) is 0 Å². The van der Waals surface area contributed by atoms with Crippen LogP contribution in [0.3, 0.4) is 0 Å². The van der Waals surface area contributed by atoms with Gasteiger partial charge in [0.25, 0.3) is 0 Å². The van der Waals surface area contributed by atoms with Gasteiger partial charge < -0.3 is 5.11 Å². The van der Waals surface area contributed by atoms with E-state index in [1.165, 1.54) is 31.3 Å². The number of hydrogen-bond acceptors (Lipinski definition) is 2. The van der Waals surface area contributed by atoms with Crippen molar-refractivity contribution in [2.45, 2.75) is 64.4 Å². The van der Waals surface area contributed by atoms with Crippen molar-refractivity contribution >= 4 is 21.7 Å². The van der Waals surface area contributed by atoms with E-state index in [2.05, 4.69) is 22.9 Å². The highest BCUT2D eigenvalue weighted by atomic mass is 79.9. The van der Waals surface area contributed by atoms with E-state index in [-0.39, 0.29) is 11.5 Å². The van der Waals surface area contributed by atoms with Crippen molar-refractivity contribution < 1.29 is 9.90 Å². The molecule has 7 atom stereocenters. The molecule has 0 aromatic carbocycles. The van der Waals surface area contributed by atoms with Gasteiger partial charge in [-0.3, -0.25) is 4.79 Å². The monoisotopic (exact) mass is 364 g/mol. The third-order valence-electron chi connectivity index (χ3n) is 8.53. The van der Waals surface area contributed by atoms with E-state index in [0.29, 0.717) is 17.1 Å². The smallest absolute Gasteiger partial charge is 0.169 e. The summed E-state index contributed by atoms with van der Waals surface area (Å²) in [6.07, 6.45) is 8.97. The second kappa shape index (κ2) is 4.27. The zero-order valence-electron chi connectivity index (χ0n) is 13.3. The van der Waals surface area contributed by atoms with E-state index >= 15 is 0 Å². The van der Waals surface area contributed by atoms with Gasteiger partial charge in [0, 0.05) is 6.42 Å². The van der Waals surface area contributed by atoms with Crippen LogP contribution in [0, 0.1) is 34.5 Å². The number of allylic oxidation sites excluding steroid dienone is 1. The minimum Gasteiger partial charge on any atom is -0.393 e. The summed E-state index contributed by atoms with van der Waals surface area (Å²) in [5, 5.41) is 10.6. The molecule has 120 valence electrons. The van der Waals surface area contributed by atoms with Gasteiger partial charge in [0.1, 0.15) is 0 Å². The Morgan fingerprint density at radius 1 is 1.23 bits per heavy atom. The molecule has 5 aliphatic carbocycles. The van der Waals surface area contributed by atoms with E-state index in [0.717, 1.165) is 47.9 Å². The quantitative estimate of drug-likeness (QED) is 0.698. The fourth-order valence-electron chi connectivity index (χ4n) is 7.45. The molecule has 1 spiro atoms. The second-order valence-corrected chi connectivity index (χ2v) is 9.66. The molecular formula is C19H25BrO2. The highest BCUT2D eigenvalue weighted by Gasteiger charge is 2.76. The Morgan fingerprint density at radius 2 is 2.05 bits per heavy atom. The molecule has 0 aliphatic heterocycles. The molecule has 3 heteroatoms. The van der Waals surface area contributed by atoms with Crippen molar-refractivity contribution in [1.29, 1.82) is 0 Å². The molecule has 0 heterocycles. The Balaban J connectivity index is 1.54. The lowest BCUT2D eigenvalue weighted by molar-refractivity contribution is -0.117. The van der Waals surface area contributed by atoms with Crippen molar-refractivity contribution in [3.05, 3.63) is 10.1 Å². The molecule has 1 N–H and O–H groups in total. The lowest BCUT2D eigenvalue weighted by Crippen LogP contribution is -2.50. The number of hydrogen-bond donors (Lipinski definition) is 1. The molecular weight excluding hydrogens is 340 g/mol. The number of halogens is 1. The summed E-state index contributed by atoms with van der Waals surface area (Å²) < 4.78 is 0.923. The van der Waals surface area contributed by atoms with Crippen molar-refractivity contribution in [3.8, 4) is 0 Å². The molecule has 0 saturated heterocycles. The van der Waals surface area contributed by atoms with Gasteiger partial charge in [-0.05, 0) is 101 Å². The molecule has 0 amide bonds. The van der Waals surface area contributed by atoms with Crippen LogP contribution in [0.5, 0.6) is 0 Å². The largest absolute Gasteiger partial charge is 0.393 e. The van der Waals surface area contributed by atoms with E-state index in [4.69, 9.17) is 0 Å². The number of aliphatic hydroxyl groups excluding tert-OH is 1. The van der Waals surface area contributed by atoms with Gasteiger partial charge in [-0.2, -0.15) is 0 Å². The Hall–Kier alpha value is -0.150. The van der Waals surface area contributed by atoms with Crippen LogP contribution in [-0.2, 0) is 4.79 Å². The maximum absolute atomic E-state index is 12.0. The number of aliphatic hydroxyl groups is 1. The zero-order valence-corrected chi connectivity index (χ0v) is 14.9. The topological polar surface area (TPSA) is 37.3 Å². The van der Waals surface area contributed by atoms with Gasteiger partial charge in [-0.15, -0.1) is 0 Å². The predicted molar refractivity (Wildman–Crippen MR) is 88.4 cm³/mol. The maximum Gasteiger partial charge on any atom is 0.169 e. The summed E-state index contributed by atoms with van der Waals surface area (Å²) >= 11 is 3.60. The van der Waals surface area contributed by atoms with Crippen LogP contribution in [-0.4, -0.2) is 17.0 Å². The van der Waals surface area contributed by atoms with Crippen LogP contribution in [0.2, 0.25) is 0 Å². The number of carbonyl (C=O) groups excluding carboxylic acids is 1. The summed E-state index contributed by atoms with van der Waals surface area (Å²) in [5.74, 6) is 3.33. The van der Waals surface area contributed by atoms with Crippen LogP contribution in [0.1, 0.15) is 58.3 Å². The first-order valence-electron chi connectivity index (χ1n) is 9.09. The van der Waals surface area contributed by atoms with E-state index in [1.54, 1.807) is 0 Å². The summed E-state index contributed by atoms with van der Waals surface area (Å²) in [6, 6.07) is 0. The summed E-state index contributed by atoms with van der Waals surface area (Å²) in [7, 11) is 0. The van der Waals surface area contributed by atoms with Gasteiger partial charge >= 0.3 is 0 Å². The molecule has 5 rings (SSSR count). The van der Waals surface area contributed by atoms with Crippen molar-refractivity contribution in [2.24, 2.45) is 34.5 Å². The molecule has 0 unspecified atom stereocenters. The lowest BCUT2D eigenvalue weighted by atomic mass is 9.49. The third-order valence-corrected chi connectivity index (χ3v) is 9.48. The highest BCUT2D eigenvalue weighted by molar-refractivity contribution is 9.12. The Kier molecular flexibility index (Phi) is 2.76. The molecule has 4 saturated carbocycles. The molecule has 0 bridgehead atoms. The number of fused-ring (bicyclic) bond motifs is 3. The molecule has 22 heavy (non-hydrogen) atoms. The normalized spacial score (nSPS) is 56.1. The number of rotatable bonds is 0. The zero-order chi connectivity index (χ0) is 15.3. The van der Waals surface area contributed by atoms with E-state index < -0.39 is 0 Å². The van der Waals surface area contributed by atoms with Gasteiger partial charge in [0.15, 0.2) is 5.78 Å². The second-order valence-electron chi connectivity index (χ2n) is 8.87. The van der Waals surface area contributed by atoms with Gasteiger partial charge in [0.2, 0.25) is 0 Å². The number of carbonyl (C=O) groups is 1. The van der Waals surface area contributed by atoms with Crippen molar-refractivity contribution in [2.75, 3.05) is 0 Å².